The van der Waals surface area contributed by atoms with Crippen LogP contribution in [0.15, 0.2) is 18.2 Å². The Morgan fingerprint density at radius 1 is 1.35 bits per heavy atom. The van der Waals surface area contributed by atoms with Crippen LogP contribution in [0.4, 0.5) is 15.8 Å². The van der Waals surface area contributed by atoms with Gasteiger partial charge in [-0.2, -0.15) is 0 Å². The first kappa shape index (κ1) is 16.9. The van der Waals surface area contributed by atoms with E-state index in [1.807, 2.05) is 18.6 Å². The topological polar surface area (TPSA) is 75.3 Å². The first-order valence-corrected chi connectivity index (χ1v) is 8.63. The number of nitrogens with one attached hydrogen (secondary N) is 2. The molecule has 0 aliphatic carbocycles. The Labute approximate surface area is 126 Å². The van der Waals surface area contributed by atoms with Gasteiger partial charge in [0.2, 0.25) is 15.9 Å². The molecule has 0 fully saturated rings. The molecule has 1 rings (SSSR count). The number of rotatable bonds is 5. The van der Waals surface area contributed by atoms with Crippen molar-refractivity contribution in [1.29, 1.82) is 0 Å². The summed E-state index contributed by atoms with van der Waals surface area (Å²) in [5, 5.41) is 2.59. The zero-order valence-corrected chi connectivity index (χ0v) is 13.7. The van der Waals surface area contributed by atoms with Gasteiger partial charge in [-0.3, -0.25) is 9.52 Å². The van der Waals surface area contributed by atoms with Crippen LogP contribution in [-0.2, 0) is 14.8 Å². The van der Waals surface area contributed by atoms with E-state index in [1.165, 1.54) is 12.1 Å². The summed E-state index contributed by atoms with van der Waals surface area (Å²) in [5.74, 6) is -0.909. The Morgan fingerprint density at radius 3 is 2.45 bits per heavy atom. The van der Waals surface area contributed by atoms with Crippen LogP contribution in [0.2, 0.25) is 0 Å². The van der Waals surface area contributed by atoms with E-state index in [4.69, 9.17) is 0 Å². The highest BCUT2D eigenvalue weighted by Gasteiger charge is 2.19. The fourth-order valence-corrected chi connectivity index (χ4v) is 2.07. The molecule has 0 aliphatic heterocycles. The highest BCUT2D eigenvalue weighted by Crippen LogP contribution is 2.22. The lowest BCUT2D eigenvalue weighted by Gasteiger charge is -2.14. The van der Waals surface area contributed by atoms with Crippen molar-refractivity contribution in [2.75, 3.05) is 16.3 Å². The highest BCUT2D eigenvalue weighted by molar-refractivity contribution is 9.10. The standard InChI is InChI=1S/C12H16BrFN2O3S/c1-7(2)11(13)12(17)15-8-4-5-9(14)10(6-8)16-20(3,18)19/h4-7,11,16H,1-3H3,(H,15,17). The van der Waals surface area contributed by atoms with Gasteiger partial charge < -0.3 is 5.32 Å². The van der Waals surface area contributed by atoms with Gasteiger partial charge in [-0.25, -0.2) is 12.8 Å². The van der Waals surface area contributed by atoms with Crippen molar-refractivity contribution in [3.8, 4) is 0 Å². The number of anilines is 2. The molecule has 1 aromatic carbocycles. The molecule has 8 heteroatoms. The maximum absolute atomic E-state index is 13.5. The predicted octanol–water partition coefficient (Wildman–Crippen LogP) is 2.56. The van der Waals surface area contributed by atoms with Crippen LogP contribution >= 0.6 is 15.9 Å². The summed E-state index contributed by atoms with van der Waals surface area (Å²) in [6.45, 7) is 3.75. The van der Waals surface area contributed by atoms with Crippen LogP contribution in [0.25, 0.3) is 0 Å². The number of hydrogen-bond donors (Lipinski definition) is 2. The molecular formula is C12H16BrFN2O3S. The van der Waals surface area contributed by atoms with Crippen LogP contribution in [0.3, 0.4) is 0 Å². The summed E-state index contributed by atoms with van der Waals surface area (Å²) in [6.07, 6.45) is 0.922. The molecule has 0 spiro atoms. The van der Waals surface area contributed by atoms with Gasteiger partial charge in [-0.1, -0.05) is 29.8 Å². The summed E-state index contributed by atoms with van der Waals surface area (Å²) in [4.78, 5) is 11.5. The molecular weight excluding hydrogens is 351 g/mol. The van der Waals surface area contributed by atoms with E-state index in [2.05, 4.69) is 21.2 Å². The van der Waals surface area contributed by atoms with Gasteiger partial charge in [0, 0.05) is 5.69 Å². The van der Waals surface area contributed by atoms with Crippen molar-refractivity contribution in [2.24, 2.45) is 5.92 Å². The fourth-order valence-electron chi connectivity index (χ4n) is 1.39. The Balaban J connectivity index is 2.93. The summed E-state index contributed by atoms with van der Waals surface area (Å²) in [7, 11) is -3.59. The maximum atomic E-state index is 13.5. The van der Waals surface area contributed by atoms with Crippen molar-refractivity contribution in [3.63, 3.8) is 0 Å². The van der Waals surface area contributed by atoms with Crippen LogP contribution in [0.5, 0.6) is 0 Å². The van der Waals surface area contributed by atoms with E-state index in [-0.39, 0.29) is 22.3 Å². The molecule has 0 radical (unpaired) electrons. The normalized spacial score (nSPS) is 13.1. The number of carbonyl (C=O) groups is 1. The second-order valence-electron chi connectivity index (χ2n) is 4.70. The first-order chi connectivity index (χ1) is 9.10. The molecule has 0 bridgehead atoms. The average Bonchev–Trinajstić information content (AvgIpc) is 2.30. The van der Waals surface area contributed by atoms with Gasteiger partial charge in [-0.05, 0) is 24.1 Å². The van der Waals surface area contributed by atoms with Gasteiger partial charge in [0.05, 0.1) is 16.8 Å². The quantitative estimate of drug-likeness (QED) is 0.786. The molecule has 0 saturated heterocycles. The minimum absolute atomic E-state index is 0.0871. The molecule has 0 aromatic heterocycles. The molecule has 5 nitrogen and oxygen atoms in total. The number of benzene rings is 1. The number of hydrogen-bond acceptors (Lipinski definition) is 3. The van der Waals surface area contributed by atoms with Gasteiger partial charge in [0.25, 0.3) is 0 Å². The van der Waals surface area contributed by atoms with Crippen molar-refractivity contribution in [2.45, 2.75) is 18.7 Å². The monoisotopic (exact) mass is 366 g/mol. The second-order valence-corrected chi connectivity index (χ2v) is 7.44. The Morgan fingerprint density at radius 2 is 1.95 bits per heavy atom. The van der Waals surface area contributed by atoms with Gasteiger partial charge in [0.15, 0.2) is 0 Å². The highest BCUT2D eigenvalue weighted by atomic mass is 79.9. The molecule has 1 aromatic rings. The third-order valence-electron chi connectivity index (χ3n) is 2.37. The van der Waals surface area contributed by atoms with E-state index in [9.17, 15) is 17.6 Å². The fraction of sp³-hybridized carbons (Fsp3) is 0.417. The third-order valence-corrected chi connectivity index (χ3v) is 4.43. The minimum Gasteiger partial charge on any atom is -0.325 e. The summed E-state index contributed by atoms with van der Waals surface area (Å²) >= 11 is 3.25. The van der Waals surface area contributed by atoms with Crippen molar-refractivity contribution >= 4 is 43.2 Å². The Bertz CT molecular complexity index is 605. The summed E-state index contributed by atoms with van der Waals surface area (Å²) in [5.41, 5.74) is 0.105. The molecule has 1 atom stereocenters. The smallest absolute Gasteiger partial charge is 0.238 e. The van der Waals surface area contributed by atoms with E-state index >= 15 is 0 Å². The SMILES string of the molecule is CC(C)C(Br)C(=O)Nc1ccc(F)c(NS(C)(=O)=O)c1. The Hall–Kier alpha value is -1.15. The van der Waals surface area contributed by atoms with Gasteiger partial charge >= 0.3 is 0 Å². The third kappa shape index (κ3) is 5.09. The van der Waals surface area contributed by atoms with Crippen molar-refractivity contribution in [1.82, 2.24) is 0 Å². The second kappa shape index (κ2) is 6.53. The lowest BCUT2D eigenvalue weighted by atomic mass is 10.1. The maximum Gasteiger partial charge on any atom is 0.238 e. The van der Waals surface area contributed by atoms with E-state index in [0.29, 0.717) is 5.69 Å². The van der Waals surface area contributed by atoms with Crippen molar-refractivity contribution in [3.05, 3.63) is 24.0 Å². The minimum atomic E-state index is -3.59. The summed E-state index contributed by atoms with van der Waals surface area (Å²) < 4.78 is 37.7. The number of amides is 1. The number of carbonyl (C=O) groups excluding carboxylic acids is 1. The average molecular weight is 367 g/mol. The number of sulfonamides is 1. The van der Waals surface area contributed by atoms with Crippen molar-refractivity contribution < 1.29 is 17.6 Å². The molecule has 0 aliphatic rings. The molecule has 1 unspecified atom stereocenters. The molecule has 112 valence electrons. The molecule has 2 N–H and O–H groups in total. The lowest BCUT2D eigenvalue weighted by molar-refractivity contribution is -0.116. The lowest BCUT2D eigenvalue weighted by Crippen LogP contribution is -2.27. The van der Waals surface area contributed by atoms with Gasteiger partial charge in [-0.15, -0.1) is 0 Å². The largest absolute Gasteiger partial charge is 0.325 e. The predicted molar refractivity (Wildman–Crippen MR) is 81.0 cm³/mol. The van der Waals surface area contributed by atoms with Crippen LogP contribution in [0.1, 0.15) is 13.8 Å². The Kier molecular flexibility index (Phi) is 5.52. The van der Waals surface area contributed by atoms with Gasteiger partial charge in [0.1, 0.15) is 5.82 Å². The first-order valence-electron chi connectivity index (χ1n) is 5.82. The van der Waals surface area contributed by atoms with Crippen LogP contribution in [-0.4, -0.2) is 25.4 Å². The zero-order chi connectivity index (χ0) is 15.5. The molecule has 0 heterocycles. The van der Waals surface area contributed by atoms with Crippen LogP contribution in [0, 0.1) is 11.7 Å². The summed E-state index contributed by atoms with van der Waals surface area (Å²) in [6, 6.07) is 3.68. The zero-order valence-electron chi connectivity index (χ0n) is 11.3. The van der Waals surface area contributed by atoms with E-state index in [0.717, 1.165) is 12.3 Å². The molecule has 20 heavy (non-hydrogen) atoms. The van der Waals surface area contributed by atoms with E-state index in [1.54, 1.807) is 0 Å². The molecule has 0 saturated carbocycles. The van der Waals surface area contributed by atoms with Crippen LogP contribution < -0.4 is 10.0 Å². The van der Waals surface area contributed by atoms with E-state index < -0.39 is 15.8 Å². The number of alkyl halides is 1. The molecule has 1 amide bonds. The number of halogens is 2.